The number of esters is 1. The van der Waals surface area contributed by atoms with E-state index >= 15 is 0 Å². The Labute approximate surface area is 177 Å². The van der Waals surface area contributed by atoms with E-state index in [0.717, 1.165) is 5.56 Å². The number of halogens is 1. The van der Waals surface area contributed by atoms with Crippen molar-refractivity contribution in [2.75, 3.05) is 30.8 Å². The molecule has 154 valence electrons. The molecule has 0 bridgehead atoms. The summed E-state index contributed by atoms with van der Waals surface area (Å²) in [6, 6.07) is 9.71. The molecular formula is C20H20BrNO6S. The van der Waals surface area contributed by atoms with E-state index in [-0.39, 0.29) is 12.4 Å². The number of anilines is 1. The van der Waals surface area contributed by atoms with Gasteiger partial charge in [0, 0.05) is 12.1 Å². The molecule has 1 heterocycles. The fraction of sp³-hybridized carbons (Fsp3) is 0.300. The molecule has 0 saturated carbocycles. The maximum absolute atomic E-state index is 12.6. The van der Waals surface area contributed by atoms with Crippen LogP contribution in [0.15, 0.2) is 40.9 Å². The Morgan fingerprint density at radius 1 is 1.14 bits per heavy atom. The van der Waals surface area contributed by atoms with Gasteiger partial charge in [-0.2, -0.15) is 0 Å². The summed E-state index contributed by atoms with van der Waals surface area (Å²) < 4.78 is 36.1. The lowest BCUT2D eigenvalue weighted by Crippen LogP contribution is -2.34. The molecule has 29 heavy (non-hydrogen) atoms. The van der Waals surface area contributed by atoms with Crippen LogP contribution in [0, 0.1) is 0 Å². The number of rotatable bonds is 6. The quantitative estimate of drug-likeness (QED) is 0.464. The second kappa shape index (κ2) is 8.54. The molecule has 2 aromatic carbocycles. The molecule has 7 nitrogen and oxygen atoms in total. The normalized spacial score (nSPS) is 13.6. The molecule has 0 saturated heterocycles. The Morgan fingerprint density at radius 2 is 1.86 bits per heavy atom. The smallest absolute Gasteiger partial charge is 0.337 e. The van der Waals surface area contributed by atoms with Crippen molar-refractivity contribution in [1.82, 2.24) is 0 Å². The van der Waals surface area contributed by atoms with Crippen molar-refractivity contribution >= 4 is 43.4 Å². The van der Waals surface area contributed by atoms with Gasteiger partial charge in [0.15, 0.2) is 12.4 Å². The Kier molecular flexibility index (Phi) is 6.28. The highest BCUT2D eigenvalue weighted by atomic mass is 79.9. The van der Waals surface area contributed by atoms with Crippen LogP contribution in [0.3, 0.4) is 0 Å². The van der Waals surface area contributed by atoms with Crippen LogP contribution in [0.2, 0.25) is 0 Å². The zero-order valence-corrected chi connectivity index (χ0v) is 18.4. The highest BCUT2D eigenvalue weighted by Gasteiger charge is 2.24. The van der Waals surface area contributed by atoms with E-state index in [9.17, 15) is 18.0 Å². The van der Waals surface area contributed by atoms with Gasteiger partial charge in [0.05, 0.1) is 29.1 Å². The SMILES string of the molecule is COC(=O)c1ccc(OCC(=O)c2ccc3c(c2)CCCN3S(C)(=O)=O)c(Br)c1. The number of ketones is 1. The number of hydrogen-bond acceptors (Lipinski definition) is 6. The summed E-state index contributed by atoms with van der Waals surface area (Å²) in [4.78, 5) is 24.1. The zero-order chi connectivity index (χ0) is 21.2. The minimum atomic E-state index is -3.35. The third-order valence-electron chi connectivity index (χ3n) is 4.59. The van der Waals surface area contributed by atoms with Crippen LogP contribution < -0.4 is 9.04 Å². The van der Waals surface area contributed by atoms with Gasteiger partial charge in [0.1, 0.15) is 5.75 Å². The second-order valence-electron chi connectivity index (χ2n) is 6.63. The number of aryl methyl sites for hydroxylation is 1. The first-order valence-corrected chi connectivity index (χ1v) is 11.5. The van der Waals surface area contributed by atoms with Gasteiger partial charge >= 0.3 is 5.97 Å². The summed E-state index contributed by atoms with van der Waals surface area (Å²) in [5, 5.41) is 0. The van der Waals surface area contributed by atoms with E-state index in [1.807, 2.05) is 0 Å². The molecule has 0 aliphatic carbocycles. The first-order chi connectivity index (χ1) is 13.7. The summed E-state index contributed by atoms with van der Waals surface area (Å²) in [6.45, 7) is 0.253. The second-order valence-corrected chi connectivity index (χ2v) is 9.39. The minimum Gasteiger partial charge on any atom is -0.484 e. The Hall–Kier alpha value is -2.39. The number of benzene rings is 2. The van der Waals surface area contributed by atoms with Crippen molar-refractivity contribution in [3.63, 3.8) is 0 Å². The molecule has 0 fully saturated rings. The molecule has 2 aromatic rings. The van der Waals surface area contributed by atoms with Crippen molar-refractivity contribution in [3.8, 4) is 5.75 Å². The van der Waals surface area contributed by atoms with Crippen LogP contribution >= 0.6 is 15.9 Å². The number of carbonyl (C=O) groups excluding carboxylic acids is 2. The number of ether oxygens (including phenoxy) is 2. The van der Waals surface area contributed by atoms with Gasteiger partial charge in [-0.3, -0.25) is 9.10 Å². The Morgan fingerprint density at radius 3 is 2.52 bits per heavy atom. The lowest BCUT2D eigenvalue weighted by Gasteiger charge is -2.29. The molecular weight excluding hydrogens is 462 g/mol. The third kappa shape index (κ3) is 4.79. The number of sulfonamides is 1. The minimum absolute atomic E-state index is 0.190. The summed E-state index contributed by atoms with van der Waals surface area (Å²) in [5.74, 6) is -0.272. The van der Waals surface area contributed by atoms with Crippen molar-refractivity contribution in [2.45, 2.75) is 12.8 Å². The van der Waals surface area contributed by atoms with E-state index in [1.165, 1.54) is 17.7 Å². The van der Waals surface area contributed by atoms with Crippen LogP contribution in [-0.4, -0.2) is 46.7 Å². The average molecular weight is 482 g/mol. The molecule has 0 atom stereocenters. The van der Waals surface area contributed by atoms with Crippen LogP contribution in [0.4, 0.5) is 5.69 Å². The molecule has 0 aromatic heterocycles. The van der Waals surface area contributed by atoms with Gasteiger partial charge in [-0.25, -0.2) is 13.2 Å². The fourth-order valence-corrected chi connectivity index (χ4v) is 4.66. The lowest BCUT2D eigenvalue weighted by molar-refractivity contribution is 0.0600. The molecule has 0 amide bonds. The molecule has 1 aliphatic heterocycles. The first-order valence-electron chi connectivity index (χ1n) is 8.85. The van der Waals surface area contributed by atoms with Crippen molar-refractivity contribution in [1.29, 1.82) is 0 Å². The molecule has 9 heteroatoms. The number of hydrogen-bond donors (Lipinski definition) is 0. The predicted octanol–water partition coefficient (Wildman–Crippen LogP) is 3.21. The van der Waals surface area contributed by atoms with E-state index in [4.69, 9.17) is 4.74 Å². The van der Waals surface area contributed by atoms with Gasteiger partial charge in [0.25, 0.3) is 0 Å². The standard InChI is InChI=1S/C20H20BrNO6S/c1-27-20(24)15-6-8-19(16(21)11-15)28-12-18(23)14-5-7-17-13(10-14)4-3-9-22(17)29(2,25)26/h5-8,10-11H,3-4,9,12H2,1-2H3. The van der Waals surface area contributed by atoms with Crippen molar-refractivity contribution < 1.29 is 27.5 Å². The van der Waals surface area contributed by atoms with Crippen LogP contribution in [0.25, 0.3) is 0 Å². The van der Waals surface area contributed by atoms with Crippen LogP contribution in [0.1, 0.15) is 32.7 Å². The zero-order valence-electron chi connectivity index (χ0n) is 16.0. The van der Waals surface area contributed by atoms with Crippen molar-refractivity contribution in [3.05, 3.63) is 57.6 Å². The highest BCUT2D eigenvalue weighted by molar-refractivity contribution is 9.10. The number of carbonyl (C=O) groups is 2. The number of methoxy groups -OCH3 is 1. The van der Waals surface area contributed by atoms with Gasteiger partial charge < -0.3 is 9.47 Å². The summed E-state index contributed by atoms with van der Waals surface area (Å²) in [7, 11) is -2.05. The summed E-state index contributed by atoms with van der Waals surface area (Å²) >= 11 is 3.32. The largest absolute Gasteiger partial charge is 0.484 e. The molecule has 0 radical (unpaired) electrons. The third-order valence-corrected chi connectivity index (χ3v) is 6.39. The molecule has 3 rings (SSSR count). The fourth-order valence-electron chi connectivity index (χ4n) is 3.17. The number of fused-ring (bicyclic) bond motifs is 1. The van der Waals surface area contributed by atoms with Gasteiger partial charge in [-0.05, 0) is 70.7 Å². The maximum Gasteiger partial charge on any atom is 0.337 e. The maximum atomic E-state index is 12.6. The monoisotopic (exact) mass is 481 g/mol. The predicted molar refractivity (Wildman–Crippen MR) is 112 cm³/mol. The summed E-state index contributed by atoms with van der Waals surface area (Å²) in [5.41, 5.74) is 2.28. The highest BCUT2D eigenvalue weighted by Crippen LogP contribution is 2.30. The van der Waals surface area contributed by atoms with E-state index in [1.54, 1.807) is 36.4 Å². The first kappa shape index (κ1) is 21.3. The molecule has 1 aliphatic rings. The van der Waals surface area contributed by atoms with Crippen molar-refractivity contribution in [2.24, 2.45) is 0 Å². The van der Waals surface area contributed by atoms with Gasteiger partial charge in [-0.1, -0.05) is 0 Å². The lowest BCUT2D eigenvalue weighted by atomic mass is 9.99. The van der Waals surface area contributed by atoms with Gasteiger partial charge in [-0.15, -0.1) is 0 Å². The number of Topliss-reactive ketones (excluding diaryl/α,β-unsaturated/α-hetero) is 1. The average Bonchev–Trinajstić information content (AvgIpc) is 2.70. The van der Waals surface area contributed by atoms with E-state index < -0.39 is 16.0 Å². The van der Waals surface area contributed by atoms with E-state index in [2.05, 4.69) is 20.7 Å². The Balaban J connectivity index is 1.73. The summed E-state index contributed by atoms with van der Waals surface area (Å²) in [6.07, 6.45) is 2.59. The topological polar surface area (TPSA) is 90.0 Å². The van der Waals surface area contributed by atoms with E-state index in [0.29, 0.717) is 46.4 Å². The molecule has 0 unspecified atom stereocenters. The molecule has 0 spiro atoms. The van der Waals surface area contributed by atoms with Crippen LogP contribution in [-0.2, 0) is 21.2 Å². The Bertz CT molecular complexity index is 1070. The van der Waals surface area contributed by atoms with Crippen LogP contribution in [0.5, 0.6) is 5.75 Å². The number of nitrogens with zero attached hydrogens (tertiary/aromatic N) is 1. The molecule has 0 N–H and O–H groups in total. The van der Waals surface area contributed by atoms with Gasteiger partial charge in [0.2, 0.25) is 10.0 Å².